The van der Waals surface area contributed by atoms with Gasteiger partial charge in [-0.1, -0.05) is 25.1 Å². The first-order valence-electron chi connectivity index (χ1n) is 6.50. The summed E-state index contributed by atoms with van der Waals surface area (Å²) in [5, 5.41) is 8.94. The summed E-state index contributed by atoms with van der Waals surface area (Å²) >= 11 is 0. The van der Waals surface area contributed by atoms with Gasteiger partial charge in [0.15, 0.2) is 0 Å². The van der Waals surface area contributed by atoms with Gasteiger partial charge in [0, 0.05) is 12.6 Å². The Morgan fingerprint density at radius 2 is 2.00 bits per heavy atom. The van der Waals surface area contributed by atoms with Gasteiger partial charge in [-0.2, -0.15) is 0 Å². The number of hydrogen-bond acceptors (Lipinski definition) is 3. The lowest BCUT2D eigenvalue weighted by molar-refractivity contribution is -0.141. The van der Waals surface area contributed by atoms with E-state index in [0.29, 0.717) is 6.54 Å². The molecule has 1 rings (SSSR count). The molecule has 0 radical (unpaired) electrons. The summed E-state index contributed by atoms with van der Waals surface area (Å²) < 4.78 is 5.33. The van der Waals surface area contributed by atoms with Crippen molar-refractivity contribution < 1.29 is 14.6 Å². The van der Waals surface area contributed by atoms with Crippen LogP contribution in [-0.2, 0) is 11.2 Å². The first kappa shape index (κ1) is 15.5. The number of hydrogen-bond donors (Lipinski definition) is 1. The van der Waals surface area contributed by atoms with Crippen LogP contribution in [0.25, 0.3) is 0 Å². The van der Waals surface area contributed by atoms with Gasteiger partial charge in [0.25, 0.3) is 0 Å². The summed E-state index contributed by atoms with van der Waals surface area (Å²) in [6.07, 6.45) is 0.840. The van der Waals surface area contributed by atoms with E-state index in [1.54, 1.807) is 14.0 Å². The summed E-state index contributed by atoms with van der Waals surface area (Å²) in [5.41, 5.74) is 1.15. The van der Waals surface area contributed by atoms with Crippen molar-refractivity contribution in [3.63, 3.8) is 0 Å². The third kappa shape index (κ3) is 4.56. The monoisotopic (exact) mass is 265 g/mol. The minimum absolute atomic E-state index is 0.262. The Morgan fingerprint density at radius 3 is 2.58 bits per heavy atom. The van der Waals surface area contributed by atoms with Gasteiger partial charge in [0.1, 0.15) is 5.75 Å². The molecule has 19 heavy (non-hydrogen) atoms. The number of rotatable bonds is 7. The first-order valence-corrected chi connectivity index (χ1v) is 6.50. The van der Waals surface area contributed by atoms with E-state index >= 15 is 0 Å². The Bertz CT molecular complexity index is 420. The molecular weight excluding hydrogens is 242 g/mol. The Labute approximate surface area is 115 Å². The molecule has 0 saturated heterocycles. The van der Waals surface area contributed by atoms with Crippen LogP contribution in [0, 0.1) is 5.92 Å². The largest absolute Gasteiger partial charge is 0.496 e. The van der Waals surface area contributed by atoms with E-state index in [1.807, 2.05) is 31.3 Å². The number of para-hydroxylation sites is 1. The van der Waals surface area contributed by atoms with Gasteiger partial charge in [0.2, 0.25) is 0 Å². The van der Waals surface area contributed by atoms with Crippen LogP contribution in [0.2, 0.25) is 0 Å². The predicted octanol–water partition coefficient (Wildman–Crippen LogP) is 2.28. The fourth-order valence-electron chi connectivity index (χ4n) is 2.04. The molecule has 1 aromatic carbocycles. The number of carboxylic acids is 1. The molecule has 106 valence electrons. The fraction of sp³-hybridized carbons (Fsp3) is 0.533. The number of methoxy groups -OCH3 is 1. The topological polar surface area (TPSA) is 49.8 Å². The second kappa shape index (κ2) is 7.14. The maximum Gasteiger partial charge on any atom is 0.307 e. The van der Waals surface area contributed by atoms with E-state index < -0.39 is 5.97 Å². The standard InChI is InChI=1S/C15H23NO3/c1-11(15(17)18)10-16(3)12(2)9-13-7-5-6-8-14(13)19-4/h5-8,11-12H,9-10H2,1-4H3,(H,17,18). The zero-order valence-electron chi connectivity index (χ0n) is 12.1. The number of carbonyl (C=O) groups is 1. The zero-order valence-corrected chi connectivity index (χ0v) is 12.1. The van der Waals surface area contributed by atoms with Crippen LogP contribution >= 0.6 is 0 Å². The van der Waals surface area contributed by atoms with Gasteiger partial charge in [0.05, 0.1) is 13.0 Å². The third-order valence-corrected chi connectivity index (χ3v) is 3.44. The number of benzene rings is 1. The first-order chi connectivity index (χ1) is 8.95. The molecule has 1 N–H and O–H groups in total. The molecule has 0 aliphatic heterocycles. The second-order valence-electron chi connectivity index (χ2n) is 5.04. The van der Waals surface area contributed by atoms with Crippen LogP contribution < -0.4 is 4.74 Å². The van der Waals surface area contributed by atoms with E-state index in [4.69, 9.17) is 9.84 Å². The summed E-state index contributed by atoms with van der Waals surface area (Å²) in [4.78, 5) is 12.9. The van der Waals surface area contributed by atoms with Crippen LogP contribution in [-0.4, -0.2) is 42.7 Å². The molecule has 0 saturated carbocycles. The predicted molar refractivity (Wildman–Crippen MR) is 75.6 cm³/mol. The smallest absolute Gasteiger partial charge is 0.307 e. The van der Waals surface area contributed by atoms with Crippen molar-refractivity contribution in [1.29, 1.82) is 0 Å². The Morgan fingerprint density at radius 1 is 1.37 bits per heavy atom. The number of ether oxygens (including phenoxy) is 1. The number of carboxylic acid groups (broad SMARTS) is 1. The third-order valence-electron chi connectivity index (χ3n) is 3.44. The molecule has 0 amide bonds. The molecule has 0 fully saturated rings. The summed E-state index contributed by atoms with van der Waals surface area (Å²) in [7, 11) is 3.62. The minimum Gasteiger partial charge on any atom is -0.496 e. The molecular formula is C15H23NO3. The molecule has 4 heteroatoms. The highest BCUT2D eigenvalue weighted by atomic mass is 16.5. The highest BCUT2D eigenvalue weighted by Crippen LogP contribution is 2.20. The van der Waals surface area contributed by atoms with Crippen LogP contribution in [0.3, 0.4) is 0 Å². The van der Waals surface area contributed by atoms with Crippen molar-refractivity contribution in [2.45, 2.75) is 26.3 Å². The quantitative estimate of drug-likeness (QED) is 0.821. The van der Waals surface area contributed by atoms with Gasteiger partial charge < -0.3 is 14.7 Å². The van der Waals surface area contributed by atoms with E-state index in [9.17, 15) is 4.79 Å². The van der Waals surface area contributed by atoms with Crippen LogP contribution in [0.1, 0.15) is 19.4 Å². The van der Waals surface area contributed by atoms with Gasteiger partial charge >= 0.3 is 5.97 Å². The molecule has 4 nitrogen and oxygen atoms in total. The van der Waals surface area contributed by atoms with Crippen molar-refractivity contribution in [2.24, 2.45) is 5.92 Å². The second-order valence-corrected chi connectivity index (χ2v) is 5.04. The lowest BCUT2D eigenvalue weighted by Crippen LogP contribution is -2.36. The van der Waals surface area contributed by atoms with Crippen LogP contribution in [0.4, 0.5) is 0 Å². The van der Waals surface area contributed by atoms with E-state index in [1.165, 1.54) is 0 Å². The molecule has 0 spiro atoms. The van der Waals surface area contributed by atoms with Crippen molar-refractivity contribution >= 4 is 5.97 Å². The fourth-order valence-corrected chi connectivity index (χ4v) is 2.04. The molecule has 0 bridgehead atoms. The van der Waals surface area contributed by atoms with Gasteiger partial charge in [-0.15, -0.1) is 0 Å². The molecule has 0 heterocycles. The van der Waals surface area contributed by atoms with Crippen LogP contribution in [0.5, 0.6) is 5.75 Å². The molecule has 0 aliphatic rings. The maximum absolute atomic E-state index is 10.9. The van der Waals surface area contributed by atoms with Crippen molar-refractivity contribution in [3.05, 3.63) is 29.8 Å². The van der Waals surface area contributed by atoms with Crippen LogP contribution in [0.15, 0.2) is 24.3 Å². The normalized spacial score (nSPS) is 14.2. The van der Waals surface area contributed by atoms with E-state index in [2.05, 4.69) is 11.8 Å². The molecule has 2 atom stereocenters. The molecule has 1 aromatic rings. The molecule has 2 unspecified atom stereocenters. The number of aliphatic carboxylic acids is 1. The minimum atomic E-state index is -0.753. The van der Waals surface area contributed by atoms with E-state index in [-0.39, 0.29) is 12.0 Å². The highest BCUT2D eigenvalue weighted by molar-refractivity contribution is 5.69. The van der Waals surface area contributed by atoms with E-state index in [0.717, 1.165) is 17.7 Å². The Kier molecular flexibility index (Phi) is 5.83. The molecule has 0 aliphatic carbocycles. The van der Waals surface area contributed by atoms with Crippen molar-refractivity contribution in [1.82, 2.24) is 4.90 Å². The summed E-state index contributed by atoms with van der Waals surface area (Å²) in [6.45, 7) is 4.38. The van der Waals surface area contributed by atoms with Gasteiger partial charge in [-0.25, -0.2) is 0 Å². The van der Waals surface area contributed by atoms with Crippen molar-refractivity contribution in [2.75, 3.05) is 20.7 Å². The zero-order chi connectivity index (χ0) is 14.4. The summed E-state index contributed by atoms with van der Waals surface area (Å²) in [5.74, 6) is -0.226. The van der Waals surface area contributed by atoms with Crippen molar-refractivity contribution in [3.8, 4) is 5.75 Å². The van der Waals surface area contributed by atoms with Gasteiger partial charge in [-0.05, 0) is 32.0 Å². The molecule has 0 aromatic heterocycles. The lowest BCUT2D eigenvalue weighted by Gasteiger charge is -2.26. The highest BCUT2D eigenvalue weighted by Gasteiger charge is 2.18. The van der Waals surface area contributed by atoms with Gasteiger partial charge in [-0.3, -0.25) is 4.79 Å². The maximum atomic E-state index is 10.9. The summed E-state index contributed by atoms with van der Waals surface area (Å²) in [6, 6.07) is 8.19. The average Bonchev–Trinajstić information content (AvgIpc) is 2.38. The average molecular weight is 265 g/mol. The Hall–Kier alpha value is -1.55. The lowest BCUT2D eigenvalue weighted by atomic mass is 10.0. The SMILES string of the molecule is COc1ccccc1CC(C)N(C)CC(C)C(=O)O. The Balaban J connectivity index is 2.63. The number of nitrogens with zero attached hydrogens (tertiary/aromatic N) is 1. The number of likely N-dealkylation sites (N-methyl/N-ethyl adjacent to an activating group) is 1.